The van der Waals surface area contributed by atoms with Gasteiger partial charge in [0.15, 0.2) is 0 Å². The zero-order valence-electron chi connectivity index (χ0n) is 14.8. The summed E-state index contributed by atoms with van der Waals surface area (Å²) >= 11 is 1.44. The fourth-order valence-corrected chi connectivity index (χ4v) is 3.36. The third-order valence-corrected chi connectivity index (χ3v) is 5.04. The van der Waals surface area contributed by atoms with Crippen LogP contribution in [0.4, 0.5) is 0 Å². The second-order valence-corrected chi connectivity index (χ2v) is 6.73. The third kappa shape index (κ3) is 4.93. The van der Waals surface area contributed by atoms with E-state index >= 15 is 0 Å². The molecule has 5 nitrogen and oxygen atoms in total. The van der Waals surface area contributed by atoms with Crippen molar-refractivity contribution in [2.75, 3.05) is 7.11 Å². The minimum absolute atomic E-state index is 0.317. The van der Waals surface area contributed by atoms with Crippen molar-refractivity contribution in [3.63, 3.8) is 0 Å². The number of aryl methyl sites for hydroxylation is 3. The van der Waals surface area contributed by atoms with Crippen molar-refractivity contribution in [2.24, 2.45) is 0 Å². The lowest BCUT2D eigenvalue weighted by Gasteiger charge is -2.06. The number of amides is 2. The number of hydrogen-bond acceptors (Lipinski definition) is 4. The molecule has 0 fully saturated rings. The van der Waals surface area contributed by atoms with Gasteiger partial charge >= 0.3 is 0 Å². The average molecular weight is 358 g/mol. The molecular formula is C19H22N2O3S. The van der Waals surface area contributed by atoms with Crippen LogP contribution in [0.25, 0.3) is 6.08 Å². The minimum Gasteiger partial charge on any atom is -0.496 e. The standard InChI is InChI=1S/C19H22N2O3S/c1-5-16-13(3)11-17(25-16)19(23)21-20-18(22)9-7-14-10-12(2)6-8-15(14)24-4/h6-11H,5H2,1-4H3,(H,20,22)(H,21,23)/b9-7+. The summed E-state index contributed by atoms with van der Waals surface area (Å²) in [6.07, 6.45) is 3.89. The van der Waals surface area contributed by atoms with Gasteiger partial charge in [0, 0.05) is 16.5 Å². The van der Waals surface area contributed by atoms with E-state index in [9.17, 15) is 9.59 Å². The van der Waals surface area contributed by atoms with E-state index in [0.717, 1.165) is 23.1 Å². The molecule has 0 saturated carbocycles. The fourth-order valence-electron chi connectivity index (χ4n) is 2.35. The van der Waals surface area contributed by atoms with Crippen molar-refractivity contribution >= 4 is 29.2 Å². The van der Waals surface area contributed by atoms with Gasteiger partial charge in [-0.3, -0.25) is 20.4 Å². The van der Waals surface area contributed by atoms with Crippen molar-refractivity contribution in [1.82, 2.24) is 10.9 Å². The number of rotatable bonds is 5. The summed E-state index contributed by atoms with van der Waals surface area (Å²) in [7, 11) is 1.58. The number of carbonyl (C=O) groups is 2. The summed E-state index contributed by atoms with van der Waals surface area (Å²) < 4.78 is 5.26. The van der Waals surface area contributed by atoms with Gasteiger partial charge in [-0.15, -0.1) is 11.3 Å². The van der Waals surface area contributed by atoms with Gasteiger partial charge in [-0.2, -0.15) is 0 Å². The number of methoxy groups -OCH3 is 1. The molecule has 6 heteroatoms. The van der Waals surface area contributed by atoms with Crippen LogP contribution in [0.3, 0.4) is 0 Å². The largest absolute Gasteiger partial charge is 0.496 e. The van der Waals surface area contributed by atoms with Crippen LogP contribution >= 0.6 is 11.3 Å². The van der Waals surface area contributed by atoms with Crippen molar-refractivity contribution in [3.8, 4) is 5.75 Å². The molecule has 0 aliphatic heterocycles. The maximum atomic E-state index is 12.1. The molecule has 2 aromatic rings. The Morgan fingerprint density at radius 2 is 1.96 bits per heavy atom. The molecule has 0 radical (unpaired) electrons. The molecule has 1 aromatic heterocycles. The molecule has 2 rings (SSSR count). The van der Waals surface area contributed by atoms with E-state index < -0.39 is 5.91 Å². The van der Waals surface area contributed by atoms with Crippen molar-refractivity contribution < 1.29 is 14.3 Å². The molecule has 0 aliphatic rings. The van der Waals surface area contributed by atoms with Gasteiger partial charge in [0.1, 0.15) is 5.75 Å². The highest BCUT2D eigenvalue weighted by atomic mass is 32.1. The molecule has 132 valence electrons. The highest BCUT2D eigenvalue weighted by molar-refractivity contribution is 7.14. The van der Waals surface area contributed by atoms with Crippen LogP contribution in [-0.4, -0.2) is 18.9 Å². The van der Waals surface area contributed by atoms with Crippen LogP contribution in [0, 0.1) is 13.8 Å². The molecule has 1 aromatic carbocycles. The zero-order chi connectivity index (χ0) is 18.4. The van der Waals surface area contributed by atoms with E-state index in [1.54, 1.807) is 13.2 Å². The third-order valence-electron chi connectivity index (χ3n) is 3.66. The number of carbonyl (C=O) groups excluding carboxylic acids is 2. The first-order valence-corrected chi connectivity index (χ1v) is 8.78. The number of benzene rings is 1. The molecule has 0 bridgehead atoms. The van der Waals surface area contributed by atoms with Gasteiger partial charge in [0.2, 0.25) is 0 Å². The van der Waals surface area contributed by atoms with E-state index in [4.69, 9.17) is 4.74 Å². The van der Waals surface area contributed by atoms with Gasteiger partial charge in [-0.25, -0.2) is 0 Å². The van der Waals surface area contributed by atoms with Gasteiger partial charge < -0.3 is 4.74 Å². The second kappa shape index (κ2) is 8.48. The van der Waals surface area contributed by atoms with Gasteiger partial charge in [0.05, 0.1) is 12.0 Å². The summed E-state index contributed by atoms with van der Waals surface area (Å²) in [5.41, 5.74) is 7.77. The average Bonchev–Trinajstić information content (AvgIpc) is 2.99. The van der Waals surface area contributed by atoms with E-state index in [1.165, 1.54) is 22.3 Å². The van der Waals surface area contributed by atoms with Crippen molar-refractivity contribution in [2.45, 2.75) is 27.2 Å². The summed E-state index contributed by atoms with van der Waals surface area (Å²) in [6.45, 7) is 5.99. The molecule has 0 unspecified atom stereocenters. The Morgan fingerprint density at radius 1 is 1.20 bits per heavy atom. The SMILES string of the molecule is CCc1sc(C(=O)NNC(=O)/C=C/c2cc(C)ccc2OC)cc1C. The van der Waals surface area contributed by atoms with Gasteiger partial charge in [-0.1, -0.05) is 18.6 Å². The molecule has 0 spiro atoms. The highest BCUT2D eigenvalue weighted by Gasteiger charge is 2.11. The smallest absolute Gasteiger partial charge is 0.279 e. The number of ether oxygens (including phenoxy) is 1. The lowest BCUT2D eigenvalue weighted by Crippen LogP contribution is -2.40. The van der Waals surface area contributed by atoms with Crippen LogP contribution in [0.2, 0.25) is 0 Å². The Balaban J connectivity index is 1.96. The maximum Gasteiger partial charge on any atom is 0.279 e. The van der Waals surface area contributed by atoms with Gasteiger partial charge in [0.25, 0.3) is 11.8 Å². The highest BCUT2D eigenvalue weighted by Crippen LogP contribution is 2.22. The predicted octanol–water partition coefficient (Wildman–Crippen LogP) is 3.41. The van der Waals surface area contributed by atoms with Crippen molar-refractivity contribution in [1.29, 1.82) is 0 Å². The molecule has 0 aliphatic carbocycles. The Hall–Kier alpha value is -2.60. The summed E-state index contributed by atoms with van der Waals surface area (Å²) in [4.78, 5) is 25.8. The second-order valence-electron chi connectivity index (χ2n) is 5.59. The fraction of sp³-hybridized carbons (Fsp3) is 0.263. The van der Waals surface area contributed by atoms with E-state index in [2.05, 4.69) is 10.9 Å². The van der Waals surface area contributed by atoms with E-state index in [1.807, 2.05) is 45.0 Å². The van der Waals surface area contributed by atoms with Crippen LogP contribution in [-0.2, 0) is 11.2 Å². The van der Waals surface area contributed by atoms with Crippen LogP contribution < -0.4 is 15.6 Å². The number of hydrogen-bond donors (Lipinski definition) is 2. The monoisotopic (exact) mass is 358 g/mol. The number of nitrogens with one attached hydrogen (secondary N) is 2. The Labute approximate surface area is 151 Å². The first kappa shape index (κ1) is 18.7. The van der Waals surface area contributed by atoms with Crippen molar-refractivity contribution in [3.05, 3.63) is 56.8 Å². The molecule has 25 heavy (non-hydrogen) atoms. The zero-order valence-corrected chi connectivity index (χ0v) is 15.6. The van der Waals surface area contributed by atoms with E-state index in [0.29, 0.717) is 10.6 Å². The predicted molar refractivity (Wildman–Crippen MR) is 101 cm³/mol. The lowest BCUT2D eigenvalue weighted by molar-refractivity contribution is -0.117. The maximum absolute atomic E-state index is 12.1. The topological polar surface area (TPSA) is 67.4 Å². The molecule has 0 saturated heterocycles. The Bertz CT molecular complexity index is 809. The van der Waals surface area contributed by atoms with Crippen LogP contribution in [0.5, 0.6) is 5.75 Å². The lowest BCUT2D eigenvalue weighted by atomic mass is 10.1. The minimum atomic E-state index is -0.416. The molecule has 2 N–H and O–H groups in total. The van der Waals surface area contributed by atoms with Crippen LogP contribution in [0.15, 0.2) is 30.3 Å². The first-order valence-electron chi connectivity index (χ1n) is 7.97. The Kier molecular flexibility index (Phi) is 6.36. The van der Waals surface area contributed by atoms with Crippen LogP contribution in [0.1, 0.15) is 38.2 Å². The normalized spacial score (nSPS) is 10.7. The summed E-state index contributed by atoms with van der Waals surface area (Å²) in [6, 6.07) is 7.53. The summed E-state index contributed by atoms with van der Waals surface area (Å²) in [5, 5.41) is 0. The molecule has 1 heterocycles. The summed E-state index contributed by atoms with van der Waals surface area (Å²) in [5.74, 6) is -0.0524. The first-order chi connectivity index (χ1) is 11.9. The number of thiophene rings is 1. The Morgan fingerprint density at radius 3 is 2.60 bits per heavy atom. The molecular weight excluding hydrogens is 336 g/mol. The molecule has 2 amide bonds. The number of hydrazine groups is 1. The van der Waals surface area contributed by atoms with Gasteiger partial charge in [-0.05, 0) is 50.1 Å². The quantitative estimate of drug-likeness (QED) is 0.636. The molecule has 0 atom stereocenters. The van der Waals surface area contributed by atoms with E-state index in [-0.39, 0.29) is 5.91 Å².